The van der Waals surface area contributed by atoms with Gasteiger partial charge in [0.25, 0.3) is 0 Å². The maximum absolute atomic E-state index is 5.65. The van der Waals surface area contributed by atoms with E-state index in [1.54, 1.807) is 12.4 Å². The van der Waals surface area contributed by atoms with Gasteiger partial charge in [-0.15, -0.1) is 0 Å². The summed E-state index contributed by atoms with van der Waals surface area (Å²) in [7, 11) is 2.11. The van der Waals surface area contributed by atoms with Gasteiger partial charge in [0, 0.05) is 25.5 Å². The van der Waals surface area contributed by atoms with Gasteiger partial charge in [0.05, 0.1) is 11.0 Å². The summed E-state index contributed by atoms with van der Waals surface area (Å²) in [6.07, 6.45) is 3.45. The van der Waals surface area contributed by atoms with Gasteiger partial charge in [0.1, 0.15) is 13.2 Å². The van der Waals surface area contributed by atoms with Crippen molar-refractivity contribution in [3.05, 3.63) is 59.9 Å². The van der Waals surface area contributed by atoms with E-state index >= 15 is 0 Å². The van der Waals surface area contributed by atoms with Crippen LogP contribution in [0.3, 0.4) is 0 Å². The smallest absolute Gasteiger partial charge is 0.161 e. The first-order valence-corrected chi connectivity index (χ1v) is 8.05. The summed E-state index contributed by atoms with van der Waals surface area (Å²) in [5, 5.41) is 0. The van der Waals surface area contributed by atoms with Crippen LogP contribution in [0, 0.1) is 0 Å². The lowest BCUT2D eigenvalue weighted by molar-refractivity contribution is 0.171. The minimum Gasteiger partial charge on any atom is -0.486 e. The predicted octanol–water partition coefficient (Wildman–Crippen LogP) is 3.03. The zero-order valence-corrected chi connectivity index (χ0v) is 13.6. The third-order valence-corrected chi connectivity index (χ3v) is 4.05. The van der Waals surface area contributed by atoms with Crippen molar-refractivity contribution in [3.8, 4) is 11.5 Å². The monoisotopic (exact) mass is 321 g/mol. The van der Waals surface area contributed by atoms with Crippen molar-refractivity contribution in [2.24, 2.45) is 0 Å². The highest BCUT2D eigenvalue weighted by molar-refractivity contribution is 5.74. The van der Waals surface area contributed by atoms with E-state index in [-0.39, 0.29) is 0 Å². The number of hydrogen-bond acceptors (Lipinski definition) is 5. The van der Waals surface area contributed by atoms with Crippen LogP contribution < -0.4 is 9.47 Å². The summed E-state index contributed by atoms with van der Waals surface area (Å²) < 4.78 is 11.2. The summed E-state index contributed by atoms with van der Waals surface area (Å²) in [5.74, 6) is 1.67. The summed E-state index contributed by atoms with van der Waals surface area (Å²) in [6, 6.07) is 12.4. The standard InChI is InChI=1S/C19H19N3O2/c1-22(12-14-2-4-16-17(10-14)21-7-6-20-16)13-15-3-5-18-19(11-15)24-9-8-23-18/h2-7,10-11H,8-9,12-13H2,1H3. The molecule has 5 heteroatoms. The van der Waals surface area contributed by atoms with Gasteiger partial charge in [-0.2, -0.15) is 0 Å². The zero-order valence-electron chi connectivity index (χ0n) is 13.6. The summed E-state index contributed by atoms with van der Waals surface area (Å²) >= 11 is 0. The lowest BCUT2D eigenvalue weighted by Gasteiger charge is -2.21. The number of hydrogen-bond donors (Lipinski definition) is 0. The second-order valence-electron chi connectivity index (χ2n) is 6.03. The molecule has 1 aromatic heterocycles. The van der Waals surface area contributed by atoms with E-state index in [0.717, 1.165) is 35.6 Å². The van der Waals surface area contributed by atoms with E-state index in [9.17, 15) is 0 Å². The van der Waals surface area contributed by atoms with Gasteiger partial charge >= 0.3 is 0 Å². The Morgan fingerprint density at radius 3 is 2.33 bits per heavy atom. The van der Waals surface area contributed by atoms with Crippen molar-refractivity contribution in [2.45, 2.75) is 13.1 Å². The first-order chi connectivity index (χ1) is 11.8. The highest BCUT2D eigenvalue weighted by Gasteiger charge is 2.12. The van der Waals surface area contributed by atoms with Crippen LogP contribution in [-0.4, -0.2) is 35.1 Å². The molecule has 2 aromatic carbocycles. The molecule has 1 aliphatic rings. The van der Waals surface area contributed by atoms with Gasteiger partial charge in [-0.05, 0) is 42.4 Å². The fourth-order valence-electron chi connectivity index (χ4n) is 2.97. The highest BCUT2D eigenvalue weighted by atomic mass is 16.6. The van der Waals surface area contributed by atoms with Crippen LogP contribution in [-0.2, 0) is 13.1 Å². The largest absolute Gasteiger partial charge is 0.486 e. The van der Waals surface area contributed by atoms with Crippen LogP contribution in [0.5, 0.6) is 11.5 Å². The molecule has 0 spiro atoms. The molecule has 0 fully saturated rings. The Balaban J connectivity index is 1.46. The van der Waals surface area contributed by atoms with E-state index in [1.807, 2.05) is 12.1 Å². The lowest BCUT2D eigenvalue weighted by atomic mass is 10.1. The second kappa shape index (κ2) is 6.45. The van der Waals surface area contributed by atoms with Crippen molar-refractivity contribution in [1.82, 2.24) is 14.9 Å². The molecule has 0 saturated carbocycles. The molecule has 0 saturated heterocycles. The third-order valence-electron chi connectivity index (χ3n) is 4.05. The summed E-state index contributed by atoms with van der Waals surface area (Å²) in [6.45, 7) is 2.93. The Labute approximate surface area is 140 Å². The molecule has 0 bridgehead atoms. The van der Waals surface area contributed by atoms with Crippen LogP contribution in [0.4, 0.5) is 0 Å². The highest BCUT2D eigenvalue weighted by Crippen LogP contribution is 2.31. The van der Waals surface area contributed by atoms with E-state index in [1.165, 1.54) is 11.1 Å². The zero-order chi connectivity index (χ0) is 16.4. The molecule has 0 N–H and O–H groups in total. The summed E-state index contributed by atoms with van der Waals surface area (Å²) in [4.78, 5) is 10.9. The van der Waals surface area contributed by atoms with Crippen LogP contribution in [0.25, 0.3) is 11.0 Å². The number of nitrogens with zero attached hydrogens (tertiary/aromatic N) is 3. The molecule has 0 amide bonds. The second-order valence-corrected chi connectivity index (χ2v) is 6.03. The predicted molar refractivity (Wildman–Crippen MR) is 92.1 cm³/mol. The average molecular weight is 321 g/mol. The van der Waals surface area contributed by atoms with Crippen molar-refractivity contribution in [3.63, 3.8) is 0 Å². The van der Waals surface area contributed by atoms with E-state index in [2.05, 4.69) is 46.2 Å². The van der Waals surface area contributed by atoms with Crippen molar-refractivity contribution >= 4 is 11.0 Å². The summed E-state index contributed by atoms with van der Waals surface area (Å²) in [5.41, 5.74) is 4.30. The SMILES string of the molecule is CN(Cc1ccc2c(c1)OCCO2)Cc1ccc2nccnc2c1. The van der Waals surface area contributed by atoms with E-state index < -0.39 is 0 Å². The molecular formula is C19H19N3O2. The molecule has 24 heavy (non-hydrogen) atoms. The number of ether oxygens (including phenoxy) is 2. The van der Waals surface area contributed by atoms with Gasteiger partial charge in [-0.1, -0.05) is 12.1 Å². The molecule has 0 aliphatic carbocycles. The fourth-order valence-corrected chi connectivity index (χ4v) is 2.97. The number of rotatable bonds is 4. The van der Waals surface area contributed by atoms with E-state index in [0.29, 0.717) is 13.2 Å². The average Bonchev–Trinajstić information content (AvgIpc) is 2.61. The third kappa shape index (κ3) is 3.16. The number of fused-ring (bicyclic) bond motifs is 2. The van der Waals surface area contributed by atoms with Gasteiger partial charge in [0.2, 0.25) is 0 Å². The van der Waals surface area contributed by atoms with Gasteiger partial charge < -0.3 is 9.47 Å². The van der Waals surface area contributed by atoms with E-state index in [4.69, 9.17) is 9.47 Å². The molecule has 2 heterocycles. The van der Waals surface area contributed by atoms with Crippen LogP contribution >= 0.6 is 0 Å². The molecule has 0 atom stereocenters. The Bertz CT molecular complexity index is 866. The molecule has 122 valence electrons. The number of benzene rings is 2. The van der Waals surface area contributed by atoms with Crippen molar-refractivity contribution in [1.29, 1.82) is 0 Å². The lowest BCUT2D eigenvalue weighted by Crippen LogP contribution is -2.18. The fraction of sp³-hybridized carbons (Fsp3) is 0.263. The molecule has 5 nitrogen and oxygen atoms in total. The van der Waals surface area contributed by atoms with Crippen molar-refractivity contribution < 1.29 is 9.47 Å². The van der Waals surface area contributed by atoms with Crippen LogP contribution in [0.2, 0.25) is 0 Å². The first-order valence-electron chi connectivity index (χ1n) is 8.05. The Kier molecular flexibility index (Phi) is 4.01. The number of aromatic nitrogens is 2. The Hall–Kier alpha value is -2.66. The first kappa shape index (κ1) is 14.9. The Morgan fingerprint density at radius 1 is 0.833 bits per heavy atom. The van der Waals surface area contributed by atoms with Crippen LogP contribution in [0.15, 0.2) is 48.8 Å². The Morgan fingerprint density at radius 2 is 1.50 bits per heavy atom. The van der Waals surface area contributed by atoms with Gasteiger partial charge in [-0.3, -0.25) is 14.9 Å². The van der Waals surface area contributed by atoms with Crippen LogP contribution in [0.1, 0.15) is 11.1 Å². The quantitative estimate of drug-likeness (QED) is 0.739. The molecular weight excluding hydrogens is 302 g/mol. The topological polar surface area (TPSA) is 47.5 Å². The maximum atomic E-state index is 5.65. The minimum atomic E-state index is 0.615. The molecule has 0 unspecified atom stereocenters. The molecule has 1 aliphatic heterocycles. The maximum Gasteiger partial charge on any atom is 0.161 e. The van der Waals surface area contributed by atoms with Gasteiger partial charge in [-0.25, -0.2) is 0 Å². The minimum absolute atomic E-state index is 0.615. The van der Waals surface area contributed by atoms with Crippen molar-refractivity contribution in [2.75, 3.05) is 20.3 Å². The van der Waals surface area contributed by atoms with Gasteiger partial charge in [0.15, 0.2) is 11.5 Å². The normalized spacial score (nSPS) is 13.4. The molecule has 0 radical (unpaired) electrons. The molecule has 3 aromatic rings. The molecule has 4 rings (SSSR count).